The highest BCUT2D eigenvalue weighted by atomic mass is 16.3. The number of ketones is 2. The minimum absolute atomic E-state index is 0.119. The second-order valence-corrected chi connectivity index (χ2v) is 6.83. The van der Waals surface area contributed by atoms with E-state index in [1.54, 1.807) is 25.7 Å². The van der Waals surface area contributed by atoms with E-state index in [0.29, 0.717) is 48.5 Å². The van der Waals surface area contributed by atoms with Crippen molar-refractivity contribution in [2.75, 3.05) is 26.2 Å². The third-order valence-corrected chi connectivity index (χ3v) is 5.04. The lowest BCUT2D eigenvalue weighted by atomic mass is 9.82. The van der Waals surface area contributed by atoms with Crippen LogP contribution in [0.4, 0.5) is 0 Å². The van der Waals surface area contributed by atoms with Crippen LogP contribution in [0.15, 0.2) is 22.3 Å². The van der Waals surface area contributed by atoms with Gasteiger partial charge in [-0.25, -0.2) is 0 Å². The first-order valence-electron chi connectivity index (χ1n) is 8.36. The summed E-state index contributed by atoms with van der Waals surface area (Å²) in [6.07, 6.45) is 0.333. The zero-order chi connectivity index (χ0) is 18.1. The molecule has 0 radical (unpaired) electrons. The first-order valence-corrected chi connectivity index (χ1v) is 8.36. The van der Waals surface area contributed by atoms with Gasteiger partial charge < -0.3 is 15.3 Å². The molecule has 0 bridgehead atoms. The molecule has 1 fully saturated rings. The van der Waals surface area contributed by atoms with E-state index in [-0.39, 0.29) is 30.3 Å². The van der Waals surface area contributed by atoms with Gasteiger partial charge >= 0.3 is 0 Å². The van der Waals surface area contributed by atoms with Crippen molar-refractivity contribution in [1.29, 1.82) is 0 Å². The first kappa shape index (κ1) is 18.5. The summed E-state index contributed by atoms with van der Waals surface area (Å²) < 4.78 is 0. The highest BCUT2D eigenvalue weighted by Crippen LogP contribution is 2.29. The van der Waals surface area contributed by atoms with E-state index in [1.165, 1.54) is 6.92 Å². The summed E-state index contributed by atoms with van der Waals surface area (Å²) in [5, 5.41) is 13.7. The summed E-state index contributed by atoms with van der Waals surface area (Å²) in [4.78, 5) is 38.8. The molecule has 2 rings (SSSR count). The van der Waals surface area contributed by atoms with Crippen molar-refractivity contribution in [3.05, 3.63) is 22.3 Å². The lowest BCUT2D eigenvalue weighted by Crippen LogP contribution is -2.53. The maximum absolute atomic E-state index is 12.5. The zero-order valence-electron chi connectivity index (χ0n) is 14.9. The number of carbonyl (C=O) groups is 3. The van der Waals surface area contributed by atoms with E-state index in [2.05, 4.69) is 5.32 Å². The van der Waals surface area contributed by atoms with Crippen LogP contribution < -0.4 is 5.32 Å². The third-order valence-electron chi connectivity index (χ3n) is 5.04. The molecule has 1 aliphatic carbocycles. The van der Waals surface area contributed by atoms with Gasteiger partial charge in [-0.1, -0.05) is 0 Å². The molecule has 1 aliphatic heterocycles. The Morgan fingerprint density at radius 1 is 1.08 bits per heavy atom. The largest absolute Gasteiger partial charge is 0.380 e. The van der Waals surface area contributed by atoms with Gasteiger partial charge in [0.1, 0.15) is 5.60 Å². The van der Waals surface area contributed by atoms with Gasteiger partial charge in [0.2, 0.25) is 0 Å². The molecular weight excluding hydrogens is 308 g/mol. The zero-order valence-corrected chi connectivity index (χ0v) is 14.9. The van der Waals surface area contributed by atoms with Crippen LogP contribution in [0.5, 0.6) is 0 Å². The predicted molar refractivity (Wildman–Crippen MR) is 90.4 cm³/mol. The normalized spacial score (nSPS) is 22.1. The van der Waals surface area contributed by atoms with E-state index in [4.69, 9.17) is 0 Å². The topological polar surface area (TPSA) is 86.7 Å². The van der Waals surface area contributed by atoms with Crippen LogP contribution in [0.3, 0.4) is 0 Å². The minimum atomic E-state index is -1.54. The molecule has 0 aromatic heterocycles. The SMILES string of the molecule is CC1=C(C)C(=O)C(CC[C@](C)(O)C(=O)N2CCNCC2)=C(C)C1=O. The monoisotopic (exact) mass is 334 g/mol. The average molecular weight is 334 g/mol. The number of Topliss-reactive ketones (excluding diaryl/α,β-unsaturated/α-hetero) is 2. The van der Waals surface area contributed by atoms with Gasteiger partial charge in [-0.15, -0.1) is 0 Å². The number of piperazine rings is 1. The van der Waals surface area contributed by atoms with E-state index in [1.807, 2.05) is 0 Å². The van der Waals surface area contributed by atoms with Gasteiger partial charge in [-0.05, 0) is 40.5 Å². The van der Waals surface area contributed by atoms with Crippen LogP contribution in [-0.4, -0.2) is 59.3 Å². The van der Waals surface area contributed by atoms with Gasteiger partial charge in [0.15, 0.2) is 11.6 Å². The summed E-state index contributed by atoms with van der Waals surface area (Å²) in [7, 11) is 0. The smallest absolute Gasteiger partial charge is 0.254 e. The van der Waals surface area contributed by atoms with Crippen molar-refractivity contribution in [1.82, 2.24) is 10.2 Å². The number of aliphatic hydroxyl groups is 1. The van der Waals surface area contributed by atoms with Crippen LogP contribution in [0.2, 0.25) is 0 Å². The molecule has 6 nitrogen and oxygen atoms in total. The Balaban J connectivity index is 2.10. The summed E-state index contributed by atoms with van der Waals surface area (Å²) >= 11 is 0. The molecule has 0 unspecified atom stereocenters. The van der Waals surface area contributed by atoms with Gasteiger partial charge in [0.05, 0.1) is 0 Å². The van der Waals surface area contributed by atoms with Crippen LogP contribution in [-0.2, 0) is 14.4 Å². The molecule has 0 spiro atoms. The van der Waals surface area contributed by atoms with Crippen molar-refractivity contribution < 1.29 is 19.5 Å². The molecule has 6 heteroatoms. The van der Waals surface area contributed by atoms with Crippen molar-refractivity contribution in [3.8, 4) is 0 Å². The summed E-state index contributed by atoms with van der Waals surface area (Å²) in [5.41, 5.74) is 0.224. The molecule has 0 aromatic carbocycles. The van der Waals surface area contributed by atoms with E-state index >= 15 is 0 Å². The Morgan fingerprint density at radius 2 is 1.62 bits per heavy atom. The fourth-order valence-corrected chi connectivity index (χ4v) is 3.14. The Kier molecular flexibility index (Phi) is 5.40. The maximum Gasteiger partial charge on any atom is 0.254 e. The van der Waals surface area contributed by atoms with Gasteiger partial charge in [0.25, 0.3) is 5.91 Å². The maximum atomic E-state index is 12.5. The second kappa shape index (κ2) is 6.99. The average Bonchev–Trinajstić information content (AvgIpc) is 2.58. The van der Waals surface area contributed by atoms with E-state index < -0.39 is 5.60 Å². The first-order chi connectivity index (χ1) is 11.2. The van der Waals surface area contributed by atoms with E-state index in [0.717, 1.165) is 0 Å². The molecule has 1 saturated heterocycles. The molecule has 1 amide bonds. The summed E-state index contributed by atoms with van der Waals surface area (Å²) in [6, 6.07) is 0. The van der Waals surface area contributed by atoms with Crippen molar-refractivity contribution in [2.24, 2.45) is 0 Å². The van der Waals surface area contributed by atoms with Crippen molar-refractivity contribution in [3.63, 3.8) is 0 Å². The highest BCUT2D eigenvalue weighted by Gasteiger charge is 2.36. The van der Waals surface area contributed by atoms with Crippen LogP contribution in [0.25, 0.3) is 0 Å². The third kappa shape index (κ3) is 3.49. The van der Waals surface area contributed by atoms with Crippen molar-refractivity contribution >= 4 is 17.5 Å². The number of nitrogens with one attached hydrogen (secondary N) is 1. The molecule has 1 atom stereocenters. The number of allylic oxidation sites excluding steroid dienone is 4. The van der Waals surface area contributed by atoms with Crippen LogP contribution in [0, 0.1) is 0 Å². The number of nitrogens with zero attached hydrogens (tertiary/aromatic N) is 1. The molecule has 24 heavy (non-hydrogen) atoms. The number of carbonyl (C=O) groups excluding carboxylic acids is 3. The Morgan fingerprint density at radius 3 is 2.21 bits per heavy atom. The molecule has 2 N–H and O–H groups in total. The molecule has 2 aliphatic rings. The Bertz CT molecular complexity index is 637. The number of hydrogen-bond acceptors (Lipinski definition) is 5. The fourth-order valence-electron chi connectivity index (χ4n) is 3.14. The quantitative estimate of drug-likeness (QED) is 0.741. The molecule has 0 saturated carbocycles. The molecule has 0 aromatic rings. The van der Waals surface area contributed by atoms with Crippen LogP contribution in [0.1, 0.15) is 40.5 Å². The Hall–Kier alpha value is -1.79. The molecule has 132 valence electrons. The molecular formula is C18H26N2O4. The lowest BCUT2D eigenvalue weighted by molar-refractivity contribution is -0.150. The summed E-state index contributed by atoms with van der Waals surface area (Å²) in [6.45, 7) is 8.97. The standard InChI is InChI=1S/C18H26N2O4/c1-11-12(2)16(22)14(13(3)15(11)21)5-6-18(4,24)17(23)20-9-7-19-8-10-20/h19,24H,5-10H2,1-4H3/t18-/m0/s1. The second-order valence-electron chi connectivity index (χ2n) is 6.83. The minimum Gasteiger partial charge on any atom is -0.380 e. The summed E-state index contributed by atoms with van der Waals surface area (Å²) in [5.74, 6) is -0.606. The van der Waals surface area contributed by atoms with Crippen molar-refractivity contribution in [2.45, 2.75) is 46.1 Å². The fraction of sp³-hybridized carbons (Fsp3) is 0.611. The number of amides is 1. The van der Waals surface area contributed by atoms with Gasteiger partial charge in [-0.2, -0.15) is 0 Å². The number of rotatable bonds is 4. The van der Waals surface area contributed by atoms with Crippen LogP contribution >= 0.6 is 0 Å². The van der Waals surface area contributed by atoms with E-state index in [9.17, 15) is 19.5 Å². The lowest BCUT2D eigenvalue weighted by Gasteiger charge is -2.34. The van der Waals surface area contributed by atoms with Gasteiger partial charge in [0, 0.05) is 48.5 Å². The van der Waals surface area contributed by atoms with Gasteiger partial charge in [-0.3, -0.25) is 14.4 Å². The highest BCUT2D eigenvalue weighted by molar-refractivity contribution is 6.24. The predicted octanol–water partition coefficient (Wildman–Crippen LogP) is 0.754. The Labute approximate surface area is 142 Å². The molecule has 1 heterocycles. The number of hydrogen-bond donors (Lipinski definition) is 2.